The molecular formula is C12H16O4P+. The smallest absolute Gasteiger partial charge is 0.342 e. The van der Waals surface area contributed by atoms with Gasteiger partial charge in [0.25, 0.3) is 0 Å². The van der Waals surface area contributed by atoms with Crippen LogP contribution in [0.5, 0.6) is 0 Å². The SMILES string of the molecule is CCO[P+](=O)[C@](O)(CC(C)=O)c1ccccc1. The van der Waals surface area contributed by atoms with E-state index in [2.05, 4.69) is 0 Å². The van der Waals surface area contributed by atoms with E-state index in [-0.39, 0.29) is 18.8 Å². The average Bonchev–Trinajstić information content (AvgIpc) is 2.29. The third-order valence-corrected chi connectivity index (χ3v) is 3.79. The minimum absolute atomic E-state index is 0.216. The number of carbonyl (C=O) groups is 1. The molecule has 1 rings (SSSR count). The van der Waals surface area contributed by atoms with Crippen molar-refractivity contribution in [2.45, 2.75) is 25.6 Å². The molecule has 0 fully saturated rings. The van der Waals surface area contributed by atoms with E-state index >= 15 is 0 Å². The molecule has 0 spiro atoms. The van der Waals surface area contributed by atoms with E-state index < -0.39 is 13.4 Å². The molecule has 0 aliphatic heterocycles. The van der Waals surface area contributed by atoms with Gasteiger partial charge in [0.05, 0.1) is 13.0 Å². The van der Waals surface area contributed by atoms with Crippen molar-refractivity contribution in [3.05, 3.63) is 35.9 Å². The summed E-state index contributed by atoms with van der Waals surface area (Å²) in [7, 11) is -2.35. The van der Waals surface area contributed by atoms with Crippen LogP contribution in [0, 0.1) is 0 Å². The van der Waals surface area contributed by atoms with Crippen molar-refractivity contribution < 1.29 is 19.0 Å². The van der Waals surface area contributed by atoms with Crippen LogP contribution in [0.3, 0.4) is 0 Å². The molecular weight excluding hydrogens is 239 g/mol. The molecule has 0 heterocycles. The fourth-order valence-electron chi connectivity index (χ4n) is 1.55. The number of Topliss-reactive ketones (excluding diaryl/α,β-unsaturated/α-hetero) is 1. The molecule has 1 unspecified atom stereocenters. The van der Waals surface area contributed by atoms with E-state index in [0.717, 1.165) is 0 Å². The van der Waals surface area contributed by atoms with E-state index in [9.17, 15) is 14.5 Å². The summed E-state index contributed by atoms with van der Waals surface area (Å²) in [5, 5.41) is 8.69. The zero-order valence-electron chi connectivity index (χ0n) is 9.92. The summed E-state index contributed by atoms with van der Waals surface area (Å²) in [6, 6.07) is 8.49. The summed E-state index contributed by atoms with van der Waals surface area (Å²) >= 11 is 0. The molecule has 1 N–H and O–H groups in total. The number of ketones is 1. The van der Waals surface area contributed by atoms with Crippen molar-refractivity contribution in [2.24, 2.45) is 0 Å². The molecule has 1 aromatic carbocycles. The summed E-state index contributed by atoms with van der Waals surface area (Å²) in [5.41, 5.74) is 0.435. The normalized spacial score (nSPS) is 15.1. The molecule has 2 atom stereocenters. The topological polar surface area (TPSA) is 63.6 Å². The highest BCUT2D eigenvalue weighted by atomic mass is 31.1. The van der Waals surface area contributed by atoms with Gasteiger partial charge in [-0.1, -0.05) is 30.3 Å². The predicted octanol–water partition coefficient (Wildman–Crippen LogP) is 2.59. The first-order valence-corrected chi connectivity index (χ1v) is 6.56. The van der Waals surface area contributed by atoms with Gasteiger partial charge in [-0.05, 0) is 18.4 Å². The van der Waals surface area contributed by atoms with Gasteiger partial charge in [-0.3, -0.25) is 4.79 Å². The lowest BCUT2D eigenvalue weighted by Crippen LogP contribution is -2.25. The van der Waals surface area contributed by atoms with Crippen LogP contribution in [0.1, 0.15) is 25.8 Å². The van der Waals surface area contributed by atoms with Gasteiger partial charge in [-0.15, -0.1) is 4.52 Å². The van der Waals surface area contributed by atoms with Gasteiger partial charge < -0.3 is 5.11 Å². The Morgan fingerprint density at radius 1 is 1.41 bits per heavy atom. The number of aliphatic hydroxyl groups is 1. The molecule has 0 aromatic heterocycles. The molecule has 0 aliphatic carbocycles. The van der Waals surface area contributed by atoms with E-state index in [0.29, 0.717) is 5.56 Å². The average molecular weight is 255 g/mol. The van der Waals surface area contributed by atoms with Crippen LogP contribution < -0.4 is 0 Å². The van der Waals surface area contributed by atoms with Crippen LogP contribution in [0.15, 0.2) is 30.3 Å². The number of hydrogen-bond donors (Lipinski definition) is 1. The molecule has 92 valence electrons. The molecule has 0 saturated carbocycles. The van der Waals surface area contributed by atoms with E-state index in [1.165, 1.54) is 6.92 Å². The largest absolute Gasteiger partial charge is 0.549 e. The van der Waals surface area contributed by atoms with Crippen LogP contribution >= 0.6 is 8.03 Å². The zero-order chi connectivity index (χ0) is 12.9. The summed E-state index contributed by atoms with van der Waals surface area (Å²) in [6.07, 6.45) is -0.216. The van der Waals surface area contributed by atoms with Crippen molar-refractivity contribution in [1.82, 2.24) is 0 Å². The standard InChI is InChI=1S/C12H16O4P/c1-3-16-17(15)12(14,9-10(2)13)11-7-5-4-6-8-11/h4-8,14H,3,9H2,1-2H3/q+1/t12-/m1/s1. The van der Waals surface area contributed by atoms with Crippen molar-refractivity contribution in [2.75, 3.05) is 6.61 Å². The molecule has 0 amide bonds. The molecule has 0 radical (unpaired) electrons. The minimum Gasteiger partial charge on any atom is -0.342 e. The second-order valence-corrected chi connectivity index (χ2v) is 5.25. The molecule has 1 aromatic rings. The summed E-state index contributed by atoms with van der Waals surface area (Å²) in [6.45, 7) is 3.26. The highest BCUT2D eigenvalue weighted by Crippen LogP contribution is 2.48. The third-order valence-electron chi connectivity index (χ3n) is 2.28. The first-order valence-electron chi connectivity index (χ1n) is 5.38. The number of carbonyl (C=O) groups excluding carboxylic acids is 1. The zero-order valence-corrected chi connectivity index (χ0v) is 10.8. The van der Waals surface area contributed by atoms with Crippen LogP contribution in [0.4, 0.5) is 0 Å². The lowest BCUT2D eigenvalue weighted by molar-refractivity contribution is -0.120. The Labute approximate surface area is 101 Å². The molecule has 0 bridgehead atoms. The van der Waals surface area contributed by atoms with Gasteiger partial charge >= 0.3 is 13.4 Å². The Bertz CT molecular complexity index is 404. The fourth-order valence-corrected chi connectivity index (χ4v) is 2.71. The van der Waals surface area contributed by atoms with Gasteiger partial charge in [0, 0.05) is 5.56 Å². The maximum Gasteiger partial charge on any atom is 0.549 e. The first-order chi connectivity index (χ1) is 8.00. The second kappa shape index (κ2) is 6.01. The highest BCUT2D eigenvalue weighted by Gasteiger charge is 2.52. The van der Waals surface area contributed by atoms with Crippen LogP contribution in [0.25, 0.3) is 0 Å². The van der Waals surface area contributed by atoms with Gasteiger partial charge in [-0.2, -0.15) is 0 Å². The Morgan fingerprint density at radius 3 is 2.47 bits per heavy atom. The Balaban J connectivity index is 3.10. The summed E-state index contributed by atoms with van der Waals surface area (Å²) < 4.78 is 16.9. The van der Waals surface area contributed by atoms with Gasteiger partial charge in [0.15, 0.2) is 0 Å². The van der Waals surface area contributed by atoms with Crippen molar-refractivity contribution in [3.8, 4) is 0 Å². The van der Waals surface area contributed by atoms with Gasteiger partial charge in [-0.25, -0.2) is 0 Å². The van der Waals surface area contributed by atoms with Crippen molar-refractivity contribution >= 4 is 13.8 Å². The second-order valence-electron chi connectivity index (χ2n) is 3.74. The molecule has 0 saturated heterocycles. The van der Waals surface area contributed by atoms with Crippen molar-refractivity contribution in [1.29, 1.82) is 0 Å². The van der Waals surface area contributed by atoms with E-state index in [1.807, 2.05) is 0 Å². The maximum atomic E-state index is 11.9. The summed E-state index contributed by atoms with van der Waals surface area (Å²) in [4.78, 5) is 11.2. The fraction of sp³-hybridized carbons (Fsp3) is 0.417. The molecule has 5 heteroatoms. The predicted molar refractivity (Wildman–Crippen MR) is 64.9 cm³/mol. The van der Waals surface area contributed by atoms with Crippen LogP contribution in [-0.2, 0) is 19.2 Å². The Morgan fingerprint density at radius 2 is 2.00 bits per heavy atom. The number of rotatable bonds is 6. The molecule has 4 nitrogen and oxygen atoms in total. The Hall–Kier alpha value is -1.09. The van der Waals surface area contributed by atoms with Crippen molar-refractivity contribution in [3.63, 3.8) is 0 Å². The first kappa shape index (κ1) is 14.0. The quantitative estimate of drug-likeness (QED) is 0.793. The third kappa shape index (κ3) is 3.43. The summed E-state index contributed by atoms with van der Waals surface area (Å²) in [5.74, 6) is -0.237. The molecule has 0 aliphatic rings. The Kier molecular flexibility index (Phi) is 4.94. The lowest BCUT2D eigenvalue weighted by atomic mass is 10.0. The number of hydrogen-bond acceptors (Lipinski definition) is 4. The number of benzene rings is 1. The van der Waals surface area contributed by atoms with E-state index in [1.54, 1.807) is 37.3 Å². The van der Waals surface area contributed by atoms with Gasteiger partial charge in [0.1, 0.15) is 5.78 Å². The molecule has 17 heavy (non-hydrogen) atoms. The highest BCUT2D eigenvalue weighted by molar-refractivity contribution is 7.40. The monoisotopic (exact) mass is 255 g/mol. The lowest BCUT2D eigenvalue weighted by Gasteiger charge is -2.15. The van der Waals surface area contributed by atoms with E-state index in [4.69, 9.17) is 4.52 Å². The van der Waals surface area contributed by atoms with Crippen LogP contribution in [0.2, 0.25) is 0 Å². The minimum atomic E-state index is -2.35. The van der Waals surface area contributed by atoms with Crippen LogP contribution in [-0.4, -0.2) is 17.5 Å². The van der Waals surface area contributed by atoms with Gasteiger partial charge in [0.2, 0.25) is 0 Å². The maximum absolute atomic E-state index is 11.9.